The zero-order chi connectivity index (χ0) is 13.5. The third-order valence-corrected chi connectivity index (χ3v) is 2.98. The van der Waals surface area contributed by atoms with Crippen molar-refractivity contribution in [1.82, 2.24) is 0 Å². The van der Waals surface area contributed by atoms with Crippen LogP contribution in [0.15, 0.2) is 12.1 Å². The van der Waals surface area contributed by atoms with Gasteiger partial charge in [-0.3, -0.25) is 0 Å². The third kappa shape index (κ3) is 3.53. The largest absolute Gasteiger partial charge is 0.497 e. The molecule has 0 heterocycles. The van der Waals surface area contributed by atoms with E-state index in [0.717, 1.165) is 42.1 Å². The van der Waals surface area contributed by atoms with Crippen molar-refractivity contribution in [2.24, 2.45) is 0 Å². The number of aliphatic hydroxyl groups excluding tert-OH is 1. The Morgan fingerprint density at radius 1 is 1.17 bits per heavy atom. The molecule has 0 unspecified atom stereocenters. The fourth-order valence-electron chi connectivity index (χ4n) is 2.05. The highest BCUT2D eigenvalue weighted by atomic mass is 16.5. The first kappa shape index (κ1) is 14.6. The normalized spacial score (nSPS) is 10.3. The second kappa shape index (κ2) is 7.11. The van der Waals surface area contributed by atoms with Crippen LogP contribution in [-0.4, -0.2) is 39.5 Å². The Kier molecular flexibility index (Phi) is 5.78. The molecule has 0 aliphatic rings. The molecule has 1 rings (SSSR count). The Morgan fingerprint density at radius 3 is 2.44 bits per heavy atom. The minimum Gasteiger partial charge on any atom is -0.497 e. The minimum absolute atomic E-state index is 0.243. The number of nitrogens with zero attached hydrogens (tertiary/aromatic N) is 1. The zero-order valence-corrected chi connectivity index (χ0v) is 11.7. The maximum atomic E-state index is 8.81. The van der Waals surface area contributed by atoms with Crippen LogP contribution in [0, 0.1) is 6.92 Å². The van der Waals surface area contributed by atoms with Gasteiger partial charge in [-0.15, -0.1) is 0 Å². The van der Waals surface area contributed by atoms with Gasteiger partial charge < -0.3 is 19.5 Å². The van der Waals surface area contributed by atoms with Crippen molar-refractivity contribution < 1.29 is 14.6 Å². The van der Waals surface area contributed by atoms with Crippen molar-refractivity contribution in [1.29, 1.82) is 0 Å². The second-order valence-electron chi connectivity index (χ2n) is 4.35. The summed E-state index contributed by atoms with van der Waals surface area (Å²) in [5.41, 5.74) is 2.20. The lowest BCUT2D eigenvalue weighted by Gasteiger charge is -2.24. The van der Waals surface area contributed by atoms with E-state index in [1.807, 2.05) is 26.1 Å². The molecule has 0 saturated carbocycles. The summed E-state index contributed by atoms with van der Waals surface area (Å²) in [6.45, 7) is 3.18. The SMILES string of the molecule is COc1cc(C)c(N(C)CCCCO)c(OC)c1. The van der Waals surface area contributed by atoms with Crippen molar-refractivity contribution >= 4 is 5.69 Å². The molecular weight excluding hydrogens is 230 g/mol. The number of aliphatic hydroxyl groups is 1. The molecule has 4 nitrogen and oxygen atoms in total. The Labute approximate surface area is 109 Å². The van der Waals surface area contributed by atoms with E-state index in [-0.39, 0.29) is 6.61 Å². The topological polar surface area (TPSA) is 41.9 Å². The Hall–Kier alpha value is -1.42. The van der Waals surface area contributed by atoms with Crippen LogP contribution >= 0.6 is 0 Å². The predicted molar refractivity (Wildman–Crippen MR) is 73.9 cm³/mol. The molecule has 0 saturated heterocycles. The molecule has 0 aliphatic carbocycles. The molecule has 1 aromatic carbocycles. The van der Waals surface area contributed by atoms with Crippen LogP contribution in [0.5, 0.6) is 11.5 Å². The first-order valence-electron chi connectivity index (χ1n) is 6.18. The maximum Gasteiger partial charge on any atom is 0.146 e. The summed E-state index contributed by atoms with van der Waals surface area (Å²) in [4.78, 5) is 2.16. The van der Waals surface area contributed by atoms with Crippen LogP contribution in [0.4, 0.5) is 5.69 Å². The molecule has 0 atom stereocenters. The van der Waals surface area contributed by atoms with E-state index in [0.29, 0.717) is 0 Å². The average Bonchev–Trinajstić information content (AvgIpc) is 2.37. The van der Waals surface area contributed by atoms with Crippen LogP contribution in [0.3, 0.4) is 0 Å². The van der Waals surface area contributed by atoms with E-state index < -0.39 is 0 Å². The van der Waals surface area contributed by atoms with Crippen molar-refractivity contribution in [2.75, 3.05) is 39.3 Å². The maximum absolute atomic E-state index is 8.81. The summed E-state index contributed by atoms with van der Waals surface area (Å²) in [7, 11) is 5.35. The number of rotatable bonds is 7. The number of benzene rings is 1. The van der Waals surface area contributed by atoms with Gasteiger partial charge in [0.15, 0.2) is 0 Å². The standard InChI is InChI=1S/C14H23NO3/c1-11-9-12(17-3)10-13(18-4)14(11)15(2)7-5-6-8-16/h9-10,16H,5-8H2,1-4H3. The number of hydrogen-bond donors (Lipinski definition) is 1. The lowest BCUT2D eigenvalue weighted by Crippen LogP contribution is -2.20. The van der Waals surface area contributed by atoms with Crippen molar-refractivity contribution in [3.8, 4) is 11.5 Å². The van der Waals surface area contributed by atoms with Crippen LogP contribution in [0.25, 0.3) is 0 Å². The fraction of sp³-hybridized carbons (Fsp3) is 0.571. The smallest absolute Gasteiger partial charge is 0.146 e. The lowest BCUT2D eigenvalue weighted by molar-refractivity contribution is 0.285. The summed E-state index contributed by atoms with van der Waals surface area (Å²) in [5, 5.41) is 8.81. The molecule has 0 fully saturated rings. The van der Waals surface area contributed by atoms with E-state index in [1.54, 1.807) is 14.2 Å². The van der Waals surface area contributed by atoms with E-state index >= 15 is 0 Å². The molecule has 0 bridgehead atoms. The summed E-state index contributed by atoms with van der Waals surface area (Å²) >= 11 is 0. The van der Waals surface area contributed by atoms with Gasteiger partial charge in [0.1, 0.15) is 11.5 Å². The van der Waals surface area contributed by atoms with Crippen LogP contribution in [0.2, 0.25) is 0 Å². The fourth-order valence-corrected chi connectivity index (χ4v) is 2.05. The number of ether oxygens (including phenoxy) is 2. The van der Waals surface area contributed by atoms with Gasteiger partial charge in [-0.25, -0.2) is 0 Å². The lowest BCUT2D eigenvalue weighted by atomic mass is 10.1. The van der Waals surface area contributed by atoms with E-state index in [9.17, 15) is 0 Å². The quantitative estimate of drug-likeness (QED) is 0.757. The summed E-state index contributed by atoms with van der Waals surface area (Å²) in [6.07, 6.45) is 1.78. The number of hydrogen-bond acceptors (Lipinski definition) is 4. The minimum atomic E-state index is 0.243. The van der Waals surface area contributed by atoms with Crippen LogP contribution in [-0.2, 0) is 0 Å². The molecule has 102 valence electrons. The molecule has 18 heavy (non-hydrogen) atoms. The third-order valence-electron chi connectivity index (χ3n) is 2.98. The second-order valence-corrected chi connectivity index (χ2v) is 4.35. The van der Waals surface area contributed by atoms with E-state index in [2.05, 4.69) is 4.90 Å². The van der Waals surface area contributed by atoms with Gasteiger partial charge in [0.2, 0.25) is 0 Å². The van der Waals surface area contributed by atoms with Gasteiger partial charge in [-0.2, -0.15) is 0 Å². The van der Waals surface area contributed by atoms with Gasteiger partial charge in [0, 0.05) is 26.3 Å². The molecule has 0 aromatic heterocycles. The molecule has 0 spiro atoms. The number of aryl methyl sites for hydroxylation is 1. The number of unbranched alkanes of at least 4 members (excludes halogenated alkanes) is 1. The highest BCUT2D eigenvalue weighted by molar-refractivity contribution is 5.65. The van der Waals surface area contributed by atoms with E-state index in [4.69, 9.17) is 14.6 Å². The average molecular weight is 253 g/mol. The van der Waals surface area contributed by atoms with Crippen molar-refractivity contribution in [2.45, 2.75) is 19.8 Å². The molecule has 0 aliphatic heterocycles. The molecule has 4 heteroatoms. The predicted octanol–water partition coefficient (Wildman–Crippen LogP) is 2.22. The highest BCUT2D eigenvalue weighted by Gasteiger charge is 2.13. The summed E-state index contributed by atoms with van der Waals surface area (Å²) in [5.74, 6) is 1.62. The summed E-state index contributed by atoms with van der Waals surface area (Å²) in [6, 6.07) is 3.89. The molecular formula is C14H23NO3. The first-order valence-corrected chi connectivity index (χ1v) is 6.18. The Balaban J connectivity index is 2.92. The molecule has 1 aromatic rings. The zero-order valence-electron chi connectivity index (χ0n) is 11.7. The van der Waals surface area contributed by atoms with Gasteiger partial charge in [-0.1, -0.05) is 0 Å². The van der Waals surface area contributed by atoms with Gasteiger partial charge in [0.25, 0.3) is 0 Å². The molecule has 1 N–H and O–H groups in total. The molecule has 0 amide bonds. The Morgan fingerprint density at radius 2 is 1.89 bits per heavy atom. The van der Waals surface area contributed by atoms with Gasteiger partial charge in [-0.05, 0) is 31.4 Å². The van der Waals surface area contributed by atoms with Gasteiger partial charge >= 0.3 is 0 Å². The van der Waals surface area contributed by atoms with Gasteiger partial charge in [0.05, 0.1) is 19.9 Å². The first-order chi connectivity index (χ1) is 8.63. The number of anilines is 1. The summed E-state index contributed by atoms with van der Waals surface area (Å²) < 4.78 is 10.7. The molecule has 0 radical (unpaired) electrons. The highest BCUT2D eigenvalue weighted by Crippen LogP contribution is 2.35. The monoisotopic (exact) mass is 253 g/mol. The Bertz CT molecular complexity index is 380. The van der Waals surface area contributed by atoms with Crippen molar-refractivity contribution in [3.05, 3.63) is 17.7 Å². The number of methoxy groups -OCH3 is 2. The van der Waals surface area contributed by atoms with Crippen LogP contribution in [0.1, 0.15) is 18.4 Å². The van der Waals surface area contributed by atoms with E-state index in [1.165, 1.54) is 0 Å². The van der Waals surface area contributed by atoms with Crippen LogP contribution < -0.4 is 14.4 Å². The van der Waals surface area contributed by atoms with Crippen molar-refractivity contribution in [3.63, 3.8) is 0 Å².